The summed E-state index contributed by atoms with van der Waals surface area (Å²) in [6.45, 7) is 5.16. The number of ether oxygens (including phenoxy) is 1. The van der Waals surface area contributed by atoms with E-state index in [9.17, 15) is 4.79 Å². The molecular weight excluding hydrogens is 240 g/mol. The van der Waals surface area contributed by atoms with Gasteiger partial charge in [0.1, 0.15) is 5.54 Å². The Morgan fingerprint density at radius 1 is 1.42 bits per heavy atom. The number of nitrogens with zero attached hydrogens (tertiary/aromatic N) is 1. The van der Waals surface area contributed by atoms with Crippen molar-refractivity contribution in [1.29, 1.82) is 0 Å². The van der Waals surface area contributed by atoms with Crippen LogP contribution in [0.4, 0.5) is 0 Å². The highest BCUT2D eigenvalue weighted by atomic mass is 16.5. The van der Waals surface area contributed by atoms with E-state index in [0.717, 1.165) is 25.8 Å². The van der Waals surface area contributed by atoms with Gasteiger partial charge < -0.3 is 9.64 Å². The van der Waals surface area contributed by atoms with Crippen molar-refractivity contribution in [3.63, 3.8) is 0 Å². The lowest BCUT2D eigenvalue weighted by Gasteiger charge is -2.38. The van der Waals surface area contributed by atoms with Gasteiger partial charge in [-0.1, -0.05) is 6.92 Å². The molecule has 0 aromatic heterocycles. The van der Waals surface area contributed by atoms with Crippen molar-refractivity contribution in [3.8, 4) is 0 Å². The molecule has 110 valence electrons. The first-order valence-electron chi connectivity index (χ1n) is 7.59. The highest BCUT2D eigenvalue weighted by Crippen LogP contribution is 2.43. The Bertz CT molecular complexity index is 326. The fourth-order valence-electron chi connectivity index (χ4n) is 2.79. The summed E-state index contributed by atoms with van der Waals surface area (Å²) in [5, 5.41) is 3.61. The molecule has 2 saturated carbocycles. The van der Waals surface area contributed by atoms with Gasteiger partial charge in [-0.2, -0.15) is 0 Å². The Morgan fingerprint density at radius 3 is 2.47 bits per heavy atom. The van der Waals surface area contributed by atoms with Crippen molar-refractivity contribution >= 4 is 5.97 Å². The first-order chi connectivity index (χ1) is 9.03. The molecular formula is C15H28N2O2. The Morgan fingerprint density at radius 2 is 2.05 bits per heavy atom. The number of hydrogen-bond acceptors (Lipinski definition) is 4. The number of likely N-dealkylation sites (N-methyl/N-ethyl adjacent to an activating group) is 1. The summed E-state index contributed by atoms with van der Waals surface area (Å²) >= 11 is 0. The third-order valence-corrected chi connectivity index (χ3v) is 4.71. The van der Waals surface area contributed by atoms with Crippen LogP contribution in [0.15, 0.2) is 0 Å². The summed E-state index contributed by atoms with van der Waals surface area (Å²) < 4.78 is 5.13. The van der Waals surface area contributed by atoms with Crippen LogP contribution in [0.5, 0.6) is 0 Å². The zero-order chi connectivity index (χ0) is 14.0. The summed E-state index contributed by atoms with van der Waals surface area (Å²) in [5.41, 5.74) is -0.478. The van der Waals surface area contributed by atoms with Crippen LogP contribution in [0.1, 0.15) is 46.0 Å². The van der Waals surface area contributed by atoms with Gasteiger partial charge >= 0.3 is 5.97 Å². The number of carbonyl (C=O) groups excluding carboxylic acids is 1. The van der Waals surface area contributed by atoms with Crippen LogP contribution in [0.2, 0.25) is 0 Å². The minimum Gasteiger partial charge on any atom is -0.468 e. The van der Waals surface area contributed by atoms with E-state index >= 15 is 0 Å². The zero-order valence-corrected chi connectivity index (χ0v) is 12.7. The van der Waals surface area contributed by atoms with E-state index in [0.29, 0.717) is 18.0 Å². The second kappa shape index (κ2) is 5.80. The molecule has 0 spiro atoms. The van der Waals surface area contributed by atoms with Gasteiger partial charge in [0, 0.05) is 18.6 Å². The number of hydrogen-bond donors (Lipinski definition) is 1. The predicted octanol–water partition coefficient (Wildman–Crippen LogP) is 1.79. The second-order valence-corrected chi connectivity index (χ2v) is 6.33. The Hall–Kier alpha value is -0.610. The average molecular weight is 268 g/mol. The first-order valence-corrected chi connectivity index (χ1v) is 7.59. The van der Waals surface area contributed by atoms with E-state index in [2.05, 4.69) is 31.1 Å². The summed E-state index contributed by atoms with van der Waals surface area (Å²) in [4.78, 5) is 14.7. The lowest BCUT2D eigenvalue weighted by atomic mass is 9.91. The van der Waals surface area contributed by atoms with Crippen LogP contribution in [-0.4, -0.2) is 49.2 Å². The maximum Gasteiger partial charge on any atom is 0.327 e. The summed E-state index contributed by atoms with van der Waals surface area (Å²) in [7, 11) is 3.63. The van der Waals surface area contributed by atoms with Crippen molar-refractivity contribution in [3.05, 3.63) is 0 Å². The molecule has 2 unspecified atom stereocenters. The molecule has 2 aliphatic carbocycles. The van der Waals surface area contributed by atoms with Gasteiger partial charge in [0.25, 0.3) is 0 Å². The molecule has 4 nitrogen and oxygen atoms in total. The predicted molar refractivity (Wildman–Crippen MR) is 76.0 cm³/mol. The quantitative estimate of drug-likeness (QED) is 0.682. The molecule has 0 aromatic rings. The lowest BCUT2D eigenvalue weighted by molar-refractivity contribution is -0.151. The van der Waals surface area contributed by atoms with Crippen molar-refractivity contribution in [2.75, 3.05) is 20.7 Å². The molecule has 4 heteroatoms. The van der Waals surface area contributed by atoms with Gasteiger partial charge in [-0.05, 0) is 52.0 Å². The number of nitrogens with one attached hydrogen (secondary N) is 1. The van der Waals surface area contributed by atoms with Gasteiger partial charge in [-0.15, -0.1) is 0 Å². The van der Waals surface area contributed by atoms with Gasteiger partial charge in [0.2, 0.25) is 0 Å². The summed E-state index contributed by atoms with van der Waals surface area (Å²) in [5.74, 6) is 0.379. The van der Waals surface area contributed by atoms with Crippen molar-refractivity contribution in [1.82, 2.24) is 10.2 Å². The number of methoxy groups -OCH3 is 1. The molecule has 2 rings (SSSR count). The lowest BCUT2D eigenvalue weighted by Crippen LogP contribution is -2.62. The maximum absolute atomic E-state index is 12.4. The van der Waals surface area contributed by atoms with Gasteiger partial charge in [-0.3, -0.25) is 5.32 Å². The fraction of sp³-hybridized carbons (Fsp3) is 0.933. The van der Waals surface area contributed by atoms with E-state index < -0.39 is 5.54 Å². The van der Waals surface area contributed by atoms with Crippen molar-refractivity contribution < 1.29 is 9.53 Å². The monoisotopic (exact) mass is 268 g/mol. The van der Waals surface area contributed by atoms with Gasteiger partial charge in [-0.25, -0.2) is 4.79 Å². The summed E-state index contributed by atoms with van der Waals surface area (Å²) in [6.07, 6.45) is 5.77. The van der Waals surface area contributed by atoms with Crippen LogP contribution < -0.4 is 5.32 Å². The molecule has 0 radical (unpaired) electrons. The largest absolute Gasteiger partial charge is 0.468 e. The van der Waals surface area contributed by atoms with E-state index in [-0.39, 0.29) is 5.97 Å². The number of rotatable bonds is 8. The van der Waals surface area contributed by atoms with Crippen LogP contribution in [-0.2, 0) is 9.53 Å². The topological polar surface area (TPSA) is 41.6 Å². The smallest absolute Gasteiger partial charge is 0.327 e. The first kappa shape index (κ1) is 14.8. The molecule has 2 fully saturated rings. The normalized spacial score (nSPS) is 24.1. The minimum absolute atomic E-state index is 0.0722. The molecule has 0 saturated heterocycles. The molecule has 2 atom stereocenters. The van der Waals surface area contributed by atoms with E-state index in [1.165, 1.54) is 20.0 Å². The van der Waals surface area contributed by atoms with Crippen LogP contribution >= 0.6 is 0 Å². The van der Waals surface area contributed by atoms with Crippen molar-refractivity contribution in [2.24, 2.45) is 5.92 Å². The van der Waals surface area contributed by atoms with Crippen molar-refractivity contribution in [2.45, 2.75) is 63.6 Å². The van der Waals surface area contributed by atoms with E-state index in [1.807, 2.05) is 0 Å². The van der Waals surface area contributed by atoms with E-state index in [1.54, 1.807) is 0 Å². The molecule has 1 N–H and O–H groups in total. The second-order valence-electron chi connectivity index (χ2n) is 6.33. The van der Waals surface area contributed by atoms with Gasteiger partial charge in [0.15, 0.2) is 0 Å². The Labute approximate surface area is 116 Å². The molecule has 0 bridgehead atoms. The maximum atomic E-state index is 12.4. The molecule has 19 heavy (non-hydrogen) atoms. The Balaban J connectivity index is 2.13. The number of carbonyl (C=O) groups is 1. The van der Waals surface area contributed by atoms with Crippen LogP contribution in [0.25, 0.3) is 0 Å². The number of esters is 1. The average Bonchev–Trinajstić information content (AvgIpc) is 3.27. The Kier molecular flexibility index (Phi) is 4.51. The minimum atomic E-state index is -0.478. The highest BCUT2D eigenvalue weighted by molar-refractivity contribution is 5.82. The van der Waals surface area contributed by atoms with Crippen LogP contribution in [0, 0.1) is 5.92 Å². The fourth-order valence-corrected chi connectivity index (χ4v) is 2.79. The molecule has 0 amide bonds. The standard InChI is InChI=1S/C15H28N2O2/c1-5-11(2)17(3)10-15(12-6-7-12,14(18)19-4)16-13-8-9-13/h11-13,16H,5-10H2,1-4H3. The highest BCUT2D eigenvalue weighted by Gasteiger charge is 2.54. The molecule has 0 aromatic carbocycles. The SMILES string of the molecule is CCC(C)N(C)CC(NC1CC1)(C(=O)OC)C1CC1. The molecule has 0 heterocycles. The molecule has 0 aliphatic heterocycles. The third-order valence-electron chi connectivity index (χ3n) is 4.71. The van der Waals surface area contributed by atoms with Gasteiger partial charge in [0.05, 0.1) is 7.11 Å². The zero-order valence-electron chi connectivity index (χ0n) is 12.7. The third kappa shape index (κ3) is 3.29. The van der Waals surface area contributed by atoms with E-state index in [4.69, 9.17) is 4.74 Å². The molecule has 2 aliphatic rings. The van der Waals surface area contributed by atoms with Crippen LogP contribution in [0.3, 0.4) is 0 Å². The summed E-state index contributed by atoms with van der Waals surface area (Å²) in [6, 6.07) is 1.01.